The van der Waals surface area contributed by atoms with Gasteiger partial charge in [-0.2, -0.15) is 0 Å². The molecule has 0 aliphatic carbocycles. The van der Waals surface area contributed by atoms with Crippen molar-refractivity contribution >= 4 is 6.21 Å². The number of halogens is 4. The van der Waals surface area contributed by atoms with E-state index in [0.717, 1.165) is 18.2 Å². The second kappa shape index (κ2) is 30.7. The number of aliphatic imine (C=N–C) groups is 1. The third-order valence-corrected chi connectivity index (χ3v) is 7.46. The van der Waals surface area contributed by atoms with Crippen LogP contribution in [0.5, 0.6) is 0 Å². The maximum Gasteiger partial charge on any atom is 0.126 e. The average Bonchev–Trinajstić information content (AvgIpc) is 3.61. The standard InChI is InChI=1S/2C8H10.C7H6F2.2C7H7F.C7H8.C5H7N.2CH4/c1-7-3-5-8(2)6-4-7;1-7-5-3-4-6-8(7)2;1-5-2-6(8)4-7(9)3-5;1-6-3-2-4-7(8)5-6;1-6-4-2-3-5-7(6)8;1-7-5-3-2-4-6-7;1-5-2-3-6-4-5;;/h2*3-6H,1-2H3;2-4H,1H3;2*2-5H,1H3;2-6H,1H3;2,4H,3H2,1H3;2*1H4. The van der Waals surface area contributed by atoms with E-state index in [1.54, 1.807) is 32.0 Å². The molecule has 0 aromatic heterocycles. The van der Waals surface area contributed by atoms with Gasteiger partial charge in [-0.25, -0.2) is 17.6 Å². The molecule has 1 aliphatic rings. The number of allylic oxidation sites excluding steroid dienone is 1. The summed E-state index contributed by atoms with van der Waals surface area (Å²) in [6, 6.07) is 43.7. The average molecular weight is 766 g/mol. The molecule has 6 aromatic carbocycles. The van der Waals surface area contributed by atoms with Gasteiger partial charge >= 0.3 is 0 Å². The molecule has 0 fully saturated rings. The van der Waals surface area contributed by atoms with Crippen molar-refractivity contribution in [2.45, 2.75) is 77.2 Å². The third kappa shape index (κ3) is 27.1. The van der Waals surface area contributed by atoms with Crippen LogP contribution < -0.4 is 0 Å². The largest absolute Gasteiger partial charge is 0.289 e. The van der Waals surface area contributed by atoms with E-state index in [4.69, 9.17) is 0 Å². The first kappa shape index (κ1) is 52.6. The van der Waals surface area contributed by atoms with Gasteiger partial charge in [0, 0.05) is 12.3 Å². The molecule has 0 saturated carbocycles. The van der Waals surface area contributed by atoms with Gasteiger partial charge in [-0.3, -0.25) is 4.99 Å². The van der Waals surface area contributed by atoms with Gasteiger partial charge in [0.05, 0.1) is 6.54 Å². The van der Waals surface area contributed by atoms with Crippen LogP contribution in [0.1, 0.15) is 66.3 Å². The molecule has 0 bridgehead atoms. The van der Waals surface area contributed by atoms with Gasteiger partial charge < -0.3 is 0 Å². The minimum absolute atomic E-state index is 0. The second-order valence-corrected chi connectivity index (χ2v) is 12.8. The van der Waals surface area contributed by atoms with Gasteiger partial charge in [-0.05, 0) is 126 Å². The van der Waals surface area contributed by atoms with E-state index < -0.39 is 11.6 Å². The van der Waals surface area contributed by atoms with Gasteiger partial charge in [0.25, 0.3) is 0 Å². The van der Waals surface area contributed by atoms with E-state index in [2.05, 4.69) is 113 Å². The van der Waals surface area contributed by atoms with E-state index in [0.29, 0.717) is 11.1 Å². The van der Waals surface area contributed by atoms with Crippen LogP contribution in [0.2, 0.25) is 0 Å². The normalized spacial score (nSPS) is 9.91. The van der Waals surface area contributed by atoms with Crippen LogP contribution in [0.25, 0.3) is 0 Å². The number of hydrogen-bond donors (Lipinski definition) is 0. The smallest absolute Gasteiger partial charge is 0.126 e. The van der Waals surface area contributed by atoms with E-state index >= 15 is 0 Å². The molecule has 7 rings (SSSR count). The zero-order valence-electron chi connectivity index (χ0n) is 33.2. The summed E-state index contributed by atoms with van der Waals surface area (Å²) in [7, 11) is 0. The molecule has 300 valence electrons. The summed E-state index contributed by atoms with van der Waals surface area (Å²) >= 11 is 0. The number of hydrogen-bond acceptors (Lipinski definition) is 1. The van der Waals surface area contributed by atoms with Crippen molar-refractivity contribution < 1.29 is 17.6 Å². The molecule has 5 heteroatoms. The van der Waals surface area contributed by atoms with Crippen LogP contribution in [0.15, 0.2) is 162 Å². The van der Waals surface area contributed by atoms with Crippen molar-refractivity contribution in [3.63, 3.8) is 0 Å². The molecule has 6 aromatic rings. The summed E-state index contributed by atoms with van der Waals surface area (Å²) in [5, 5.41) is 0. The van der Waals surface area contributed by atoms with Crippen LogP contribution in [-0.2, 0) is 0 Å². The van der Waals surface area contributed by atoms with Crippen molar-refractivity contribution in [3.8, 4) is 0 Å². The Bertz CT molecular complexity index is 1790. The van der Waals surface area contributed by atoms with Crippen LogP contribution >= 0.6 is 0 Å². The Morgan fingerprint density at radius 3 is 1.05 bits per heavy atom. The zero-order valence-corrected chi connectivity index (χ0v) is 33.2. The lowest BCUT2D eigenvalue weighted by Gasteiger charge is -1.93. The molecule has 0 unspecified atom stereocenters. The van der Waals surface area contributed by atoms with Crippen LogP contribution in [0, 0.1) is 78.7 Å². The fourth-order valence-corrected chi connectivity index (χ4v) is 4.13. The molecule has 1 aliphatic heterocycles. The third-order valence-electron chi connectivity index (χ3n) is 7.46. The van der Waals surface area contributed by atoms with E-state index in [9.17, 15) is 17.6 Å². The fourth-order valence-electron chi connectivity index (χ4n) is 4.13. The van der Waals surface area contributed by atoms with Gasteiger partial charge in [0.1, 0.15) is 23.3 Å². The summed E-state index contributed by atoms with van der Waals surface area (Å²) in [5.74, 6) is -1.34. The van der Waals surface area contributed by atoms with Crippen LogP contribution in [0.4, 0.5) is 17.6 Å². The SMILES string of the molecule is C.C.CC1=CCN=C1.Cc1cc(F)cc(F)c1.Cc1ccc(C)cc1.Cc1cccc(F)c1.Cc1ccccc1.Cc1ccccc1C.Cc1ccccc1F. The van der Waals surface area contributed by atoms with Gasteiger partial charge in [0.15, 0.2) is 0 Å². The van der Waals surface area contributed by atoms with Gasteiger partial charge in [-0.15, -0.1) is 0 Å². The number of rotatable bonds is 0. The topological polar surface area (TPSA) is 12.4 Å². The molecule has 0 N–H and O–H groups in total. The van der Waals surface area contributed by atoms with Crippen molar-refractivity contribution in [1.82, 2.24) is 0 Å². The lowest BCUT2D eigenvalue weighted by atomic mass is 10.1. The Kier molecular flexibility index (Phi) is 28.8. The highest BCUT2D eigenvalue weighted by Crippen LogP contribution is 2.06. The van der Waals surface area contributed by atoms with E-state index in [1.165, 1.54) is 63.7 Å². The molecular formula is C51H63F4N. The summed E-state index contributed by atoms with van der Waals surface area (Å²) in [5.41, 5.74) is 10.3. The van der Waals surface area contributed by atoms with E-state index in [-0.39, 0.29) is 26.5 Å². The van der Waals surface area contributed by atoms with Crippen molar-refractivity contribution in [3.05, 3.63) is 225 Å². The number of benzene rings is 6. The minimum atomic E-state index is -0.521. The Morgan fingerprint density at radius 2 is 0.786 bits per heavy atom. The minimum Gasteiger partial charge on any atom is -0.289 e. The van der Waals surface area contributed by atoms with Crippen molar-refractivity contribution in [2.75, 3.05) is 6.54 Å². The van der Waals surface area contributed by atoms with Crippen molar-refractivity contribution in [2.24, 2.45) is 4.99 Å². The second-order valence-electron chi connectivity index (χ2n) is 12.8. The number of nitrogens with zero attached hydrogens (tertiary/aromatic N) is 1. The molecule has 0 amide bonds. The predicted molar refractivity (Wildman–Crippen MR) is 237 cm³/mol. The highest BCUT2D eigenvalue weighted by atomic mass is 19.1. The molecule has 0 saturated heterocycles. The molecule has 0 atom stereocenters. The Balaban J connectivity index is 0. The highest BCUT2D eigenvalue weighted by molar-refractivity contribution is 5.79. The molecule has 1 heterocycles. The first-order valence-corrected chi connectivity index (χ1v) is 17.8. The maximum atomic E-state index is 12.3. The highest BCUT2D eigenvalue weighted by Gasteiger charge is 1.94. The predicted octanol–water partition coefficient (Wildman–Crippen LogP) is 15.4. The Morgan fingerprint density at radius 1 is 0.375 bits per heavy atom. The maximum absolute atomic E-state index is 12.3. The Hall–Kier alpha value is -5.55. The van der Waals surface area contributed by atoms with Gasteiger partial charge in [0.2, 0.25) is 0 Å². The van der Waals surface area contributed by atoms with Crippen molar-refractivity contribution in [1.29, 1.82) is 0 Å². The van der Waals surface area contributed by atoms with Gasteiger partial charge in [-0.1, -0.05) is 147 Å². The lowest BCUT2D eigenvalue weighted by molar-refractivity contribution is 0.581. The molecule has 0 radical (unpaired) electrons. The quantitative estimate of drug-likeness (QED) is 0.137. The monoisotopic (exact) mass is 765 g/mol. The molecule has 56 heavy (non-hydrogen) atoms. The van der Waals surface area contributed by atoms with E-state index in [1.807, 2.05) is 43.5 Å². The summed E-state index contributed by atoms with van der Waals surface area (Å²) in [4.78, 5) is 3.95. The fraction of sp³-hybridized carbons (Fsp3) is 0.235. The summed E-state index contributed by atoms with van der Waals surface area (Å²) < 4.78 is 48.9. The first-order chi connectivity index (χ1) is 25.7. The summed E-state index contributed by atoms with van der Waals surface area (Å²) in [6.45, 7) is 18.7. The summed E-state index contributed by atoms with van der Waals surface area (Å²) in [6.07, 6.45) is 3.99. The molecular weight excluding hydrogens is 703 g/mol. The molecule has 0 spiro atoms. The number of aryl methyl sites for hydroxylation is 8. The zero-order chi connectivity index (χ0) is 40.3. The van der Waals surface area contributed by atoms with Crippen LogP contribution in [0.3, 0.4) is 0 Å². The first-order valence-electron chi connectivity index (χ1n) is 17.8. The molecule has 1 nitrogen and oxygen atoms in total. The lowest BCUT2D eigenvalue weighted by Crippen LogP contribution is -1.80. The Labute approximate surface area is 336 Å². The van der Waals surface area contributed by atoms with Crippen LogP contribution in [-0.4, -0.2) is 12.8 Å².